The summed E-state index contributed by atoms with van der Waals surface area (Å²) in [4.78, 5) is 15.1. The largest absolute Gasteiger partial charge is 0.466 e. The van der Waals surface area contributed by atoms with Crippen LogP contribution in [-0.4, -0.2) is 37.3 Å². The molecular formula is C29H28N2O4S. The first kappa shape index (κ1) is 24.0. The Kier molecular flexibility index (Phi) is 6.76. The molecule has 4 aromatic rings. The predicted octanol–water partition coefficient (Wildman–Crippen LogP) is 5.28. The number of rotatable bonds is 8. The average molecular weight is 501 g/mol. The number of fused-ring (bicyclic) bond motifs is 2. The molecule has 184 valence electrons. The van der Waals surface area contributed by atoms with E-state index in [1.807, 2.05) is 48.7 Å². The van der Waals surface area contributed by atoms with Crippen molar-refractivity contribution >= 4 is 33.0 Å². The van der Waals surface area contributed by atoms with Gasteiger partial charge in [-0.2, -0.15) is 4.31 Å². The van der Waals surface area contributed by atoms with E-state index in [1.54, 1.807) is 34.6 Å². The monoisotopic (exact) mass is 500 g/mol. The van der Waals surface area contributed by atoms with Crippen LogP contribution >= 0.6 is 0 Å². The summed E-state index contributed by atoms with van der Waals surface area (Å²) < 4.78 is 34.1. The molecule has 0 fully saturated rings. The van der Waals surface area contributed by atoms with Crippen molar-refractivity contribution in [3.63, 3.8) is 0 Å². The summed E-state index contributed by atoms with van der Waals surface area (Å²) in [5, 5.41) is 1.11. The molecule has 7 heteroatoms. The smallest absolute Gasteiger partial charge is 0.330 e. The van der Waals surface area contributed by atoms with Gasteiger partial charge >= 0.3 is 5.97 Å². The van der Waals surface area contributed by atoms with Gasteiger partial charge in [-0.05, 0) is 65.8 Å². The molecule has 1 aliphatic rings. The molecule has 1 unspecified atom stereocenters. The molecule has 6 nitrogen and oxygen atoms in total. The Morgan fingerprint density at radius 2 is 1.86 bits per heavy atom. The highest BCUT2D eigenvalue weighted by atomic mass is 32.2. The van der Waals surface area contributed by atoms with Gasteiger partial charge in [-0.15, -0.1) is 0 Å². The second-order valence-electron chi connectivity index (χ2n) is 8.91. The molecule has 0 spiro atoms. The van der Waals surface area contributed by atoms with Crippen molar-refractivity contribution in [2.24, 2.45) is 0 Å². The number of H-pyrrole nitrogens is 1. The van der Waals surface area contributed by atoms with Gasteiger partial charge in [-0.25, -0.2) is 13.2 Å². The summed E-state index contributed by atoms with van der Waals surface area (Å²) in [5.41, 5.74) is 5.15. The number of ether oxygens (including phenoxy) is 1. The van der Waals surface area contributed by atoms with Gasteiger partial charge in [-0.1, -0.05) is 54.6 Å². The van der Waals surface area contributed by atoms with E-state index >= 15 is 0 Å². The Morgan fingerprint density at radius 3 is 2.67 bits per heavy atom. The van der Waals surface area contributed by atoms with Gasteiger partial charge in [0.2, 0.25) is 10.0 Å². The van der Waals surface area contributed by atoms with Crippen LogP contribution in [0.5, 0.6) is 0 Å². The van der Waals surface area contributed by atoms with Gasteiger partial charge in [0.05, 0.1) is 18.0 Å². The normalized spacial score (nSPS) is 15.6. The lowest BCUT2D eigenvalue weighted by molar-refractivity contribution is -0.134. The summed E-state index contributed by atoms with van der Waals surface area (Å²) in [5.74, 6) is -0.411. The van der Waals surface area contributed by atoms with Gasteiger partial charge in [0.25, 0.3) is 0 Å². The number of benzene rings is 3. The fourth-order valence-electron chi connectivity index (χ4n) is 4.99. The highest BCUT2D eigenvalue weighted by Gasteiger charge is 2.36. The van der Waals surface area contributed by atoms with Crippen molar-refractivity contribution in [1.82, 2.24) is 9.29 Å². The third-order valence-electron chi connectivity index (χ3n) is 6.80. The number of esters is 1. The quantitative estimate of drug-likeness (QED) is 0.264. The van der Waals surface area contributed by atoms with Crippen molar-refractivity contribution in [3.8, 4) is 0 Å². The molecule has 1 aromatic heterocycles. The zero-order valence-electron chi connectivity index (χ0n) is 20.1. The number of hydrogen-bond donors (Lipinski definition) is 1. The second kappa shape index (κ2) is 10.1. The third kappa shape index (κ3) is 4.72. The summed E-state index contributed by atoms with van der Waals surface area (Å²) >= 11 is 0. The third-order valence-corrected chi connectivity index (χ3v) is 8.72. The summed E-state index contributed by atoms with van der Waals surface area (Å²) in [7, 11) is -2.38. The molecule has 5 rings (SSSR count). The van der Waals surface area contributed by atoms with Crippen molar-refractivity contribution < 1.29 is 17.9 Å². The van der Waals surface area contributed by atoms with Crippen LogP contribution in [0.2, 0.25) is 0 Å². The molecule has 1 atom stereocenters. The fraction of sp³-hybridized carbons (Fsp3) is 0.207. The number of hydrogen-bond acceptors (Lipinski definition) is 4. The van der Waals surface area contributed by atoms with Gasteiger partial charge in [0.15, 0.2) is 0 Å². The highest BCUT2D eigenvalue weighted by Crippen LogP contribution is 2.39. The lowest BCUT2D eigenvalue weighted by atomic mass is 10.0. The van der Waals surface area contributed by atoms with E-state index in [-0.39, 0.29) is 6.04 Å². The van der Waals surface area contributed by atoms with Crippen molar-refractivity contribution in [3.05, 3.63) is 107 Å². The zero-order valence-corrected chi connectivity index (χ0v) is 20.9. The Morgan fingerprint density at radius 1 is 1.08 bits per heavy atom. The molecule has 0 bridgehead atoms. The number of sulfonamides is 1. The number of methoxy groups -OCH3 is 1. The maximum atomic E-state index is 13.9. The van der Waals surface area contributed by atoms with E-state index in [0.717, 1.165) is 39.6 Å². The van der Waals surface area contributed by atoms with E-state index in [1.165, 1.54) is 13.2 Å². The predicted molar refractivity (Wildman–Crippen MR) is 141 cm³/mol. The van der Waals surface area contributed by atoms with Crippen LogP contribution in [-0.2, 0) is 32.4 Å². The number of aromatic nitrogens is 1. The Labute approximate surface area is 211 Å². The first-order valence-corrected chi connectivity index (χ1v) is 13.4. The second-order valence-corrected chi connectivity index (χ2v) is 10.8. The average Bonchev–Trinajstić information content (AvgIpc) is 3.52. The number of carbonyl (C=O) groups is 1. The van der Waals surface area contributed by atoms with Crippen LogP contribution in [0.25, 0.3) is 17.0 Å². The van der Waals surface area contributed by atoms with E-state index < -0.39 is 16.0 Å². The molecule has 0 saturated heterocycles. The highest BCUT2D eigenvalue weighted by molar-refractivity contribution is 7.89. The molecule has 36 heavy (non-hydrogen) atoms. The van der Waals surface area contributed by atoms with Gasteiger partial charge in [0, 0.05) is 29.7 Å². The maximum absolute atomic E-state index is 13.9. The maximum Gasteiger partial charge on any atom is 0.330 e. The fourth-order valence-corrected chi connectivity index (χ4v) is 6.65. The molecule has 1 heterocycles. The minimum atomic E-state index is -3.72. The van der Waals surface area contributed by atoms with Crippen molar-refractivity contribution in [1.29, 1.82) is 0 Å². The van der Waals surface area contributed by atoms with E-state index in [2.05, 4.69) is 15.8 Å². The van der Waals surface area contributed by atoms with Gasteiger partial charge in [-0.3, -0.25) is 0 Å². The Balaban J connectivity index is 1.48. The van der Waals surface area contributed by atoms with Crippen LogP contribution < -0.4 is 0 Å². The first-order valence-electron chi connectivity index (χ1n) is 12.0. The topological polar surface area (TPSA) is 79.5 Å². The number of para-hydroxylation sites is 1. The van der Waals surface area contributed by atoms with Crippen LogP contribution in [0.15, 0.2) is 90.0 Å². The van der Waals surface area contributed by atoms with E-state index in [9.17, 15) is 13.2 Å². The number of aryl methyl sites for hydroxylation is 1. The molecule has 1 aliphatic carbocycles. The number of aromatic amines is 1. The zero-order chi connectivity index (χ0) is 25.1. The molecule has 0 amide bonds. The minimum absolute atomic E-state index is 0.256. The SMILES string of the molecule is COC(=O)/C=C/c1ccc2c(c1)CCC2N(CCc1c[nH]c2ccccc12)S(=O)(=O)c1ccccc1. The van der Waals surface area contributed by atoms with Crippen LogP contribution in [0.1, 0.15) is 34.7 Å². The number of nitrogens with zero attached hydrogens (tertiary/aromatic N) is 1. The standard InChI is InChI=1S/C29H28N2O4S/c1-35-29(32)16-12-21-11-14-26-22(19-21)13-15-28(26)31(36(33,34)24-7-3-2-4-8-24)18-17-23-20-30-27-10-6-5-9-25(23)27/h2-12,14,16,19-20,28,30H,13,15,17-18H2,1H3/b16-12+. The minimum Gasteiger partial charge on any atom is -0.466 e. The summed E-state index contributed by atoms with van der Waals surface area (Å²) in [6.45, 7) is 0.368. The molecule has 0 saturated carbocycles. The molecule has 1 N–H and O–H groups in total. The summed E-state index contributed by atoms with van der Waals surface area (Å²) in [6, 6.07) is 22.4. The lowest BCUT2D eigenvalue weighted by Gasteiger charge is -2.29. The van der Waals surface area contributed by atoms with Gasteiger partial charge < -0.3 is 9.72 Å². The lowest BCUT2D eigenvalue weighted by Crippen LogP contribution is -2.35. The van der Waals surface area contributed by atoms with Crippen molar-refractivity contribution in [2.75, 3.05) is 13.7 Å². The van der Waals surface area contributed by atoms with E-state index in [0.29, 0.717) is 24.3 Å². The Hall–Kier alpha value is -3.68. The summed E-state index contributed by atoms with van der Waals surface area (Å²) in [6.07, 6.45) is 7.16. The van der Waals surface area contributed by atoms with Crippen molar-refractivity contribution in [2.45, 2.75) is 30.2 Å². The number of nitrogens with one attached hydrogen (secondary N) is 1. The molecular weight excluding hydrogens is 472 g/mol. The van der Waals surface area contributed by atoms with E-state index in [4.69, 9.17) is 0 Å². The Bertz CT molecular complexity index is 1520. The van der Waals surface area contributed by atoms with Crippen LogP contribution in [0.3, 0.4) is 0 Å². The molecule has 0 aliphatic heterocycles. The number of carbonyl (C=O) groups excluding carboxylic acids is 1. The molecule has 3 aromatic carbocycles. The van der Waals surface area contributed by atoms with Crippen LogP contribution in [0, 0.1) is 0 Å². The van der Waals surface area contributed by atoms with Crippen LogP contribution in [0.4, 0.5) is 0 Å². The molecule has 0 radical (unpaired) electrons. The first-order chi connectivity index (χ1) is 17.5. The van der Waals surface area contributed by atoms with Gasteiger partial charge in [0.1, 0.15) is 0 Å².